The lowest BCUT2D eigenvalue weighted by Crippen LogP contribution is -2.01. The van der Waals surface area contributed by atoms with E-state index in [1.165, 1.54) is 6.07 Å². The predicted molar refractivity (Wildman–Crippen MR) is 61.1 cm³/mol. The van der Waals surface area contributed by atoms with Crippen LogP contribution < -0.4 is 5.32 Å². The summed E-state index contributed by atoms with van der Waals surface area (Å²) in [6.45, 7) is 2.33. The first kappa shape index (κ1) is 10.3. The molecule has 0 saturated heterocycles. The molecular formula is C10H9FIN. The van der Waals surface area contributed by atoms with E-state index in [1.54, 1.807) is 13.0 Å². The summed E-state index contributed by atoms with van der Waals surface area (Å²) in [5, 5.41) is 3.03. The van der Waals surface area contributed by atoms with Crippen LogP contribution in [0.3, 0.4) is 0 Å². The van der Waals surface area contributed by atoms with Gasteiger partial charge in [-0.3, -0.25) is 0 Å². The third-order valence-corrected chi connectivity index (χ3v) is 2.59. The molecule has 0 amide bonds. The Labute approximate surface area is 90.9 Å². The number of anilines is 1. The van der Waals surface area contributed by atoms with Gasteiger partial charge in [-0.2, -0.15) is 0 Å². The topological polar surface area (TPSA) is 12.0 Å². The van der Waals surface area contributed by atoms with Crippen LogP contribution in [0, 0.1) is 21.2 Å². The molecule has 0 bridgehead atoms. The number of halogens is 2. The van der Waals surface area contributed by atoms with E-state index in [2.05, 4.69) is 17.2 Å². The molecular weight excluding hydrogens is 280 g/mol. The molecule has 0 unspecified atom stereocenters. The van der Waals surface area contributed by atoms with Crippen LogP contribution in [-0.4, -0.2) is 6.54 Å². The summed E-state index contributed by atoms with van der Waals surface area (Å²) in [6, 6.07) is 4.96. The summed E-state index contributed by atoms with van der Waals surface area (Å²) < 4.78 is 13.6. The molecule has 1 nitrogen and oxygen atoms in total. The Morgan fingerprint density at radius 2 is 2.31 bits per heavy atom. The minimum Gasteiger partial charge on any atom is -0.373 e. The van der Waals surface area contributed by atoms with Gasteiger partial charge >= 0.3 is 0 Å². The predicted octanol–water partition coefficient (Wildman–Crippen LogP) is 2.87. The van der Waals surface area contributed by atoms with E-state index in [-0.39, 0.29) is 5.82 Å². The first-order chi connectivity index (χ1) is 6.25. The van der Waals surface area contributed by atoms with E-state index in [0.717, 1.165) is 5.69 Å². The Morgan fingerprint density at radius 3 is 3.00 bits per heavy atom. The molecule has 13 heavy (non-hydrogen) atoms. The van der Waals surface area contributed by atoms with Crippen LogP contribution in [0.25, 0.3) is 0 Å². The van der Waals surface area contributed by atoms with Gasteiger partial charge in [0.2, 0.25) is 0 Å². The first-order valence-corrected chi connectivity index (χ1v) is 4.91. The molecule has 68 valence electrons. The maximum absolute atomic E-state index is 13.0. The second-order valence-corrected chi connectivity index (χ2v) is 3.46. The van der Waals surface area contributed by atoms with Gasteiger partial charge < -0.3 is 5.32 Å². The summed E-state index contributed by atoms with van der Waals surface area (Å²) in [7, 11) is 0. The highest BCUT2D eigenvalue weighted by molar-refractivity contribution is 14.1. The van der Waals surface area contributed by atoms with Crippen molar-refractivity contribution in [1.82, 2.24) is 0 Å². The maximum atomic E-state index is 13.0. The van der Waals surface area contributed by atoms with E-state index < -0.39 is 0 Å². The SMILES string of the molecule is CC#CCNc1cccc(F)c1I. The van der Waals surface area contributed by atoms with Crippen LogP contribution in [0.2, 0.25) is 0 Å². The molecule has 1 aromatic carbocycles. The molecule has 0 aliphatic carbocycles. The molecule has 0 atom stereocenters. The van der Waals surface area contributed by atoms with Crippen molar-refractivity contribution in [2.24, 2.45) is 0 Å². The van der Waals surface area contributed by atoms with E-state index in [9.17, 15) is 4.39 Å². The average molecular weight is 289 g/mol. The van der Waals surface area contributed by atoms with Crippen LogP contribution in [0.15, 0.2) is 18.2 Å². The standard InChI is InChI=1S/C10H9FIN/c1-2-3-7-13-9-6-4-5-8(11)10(9)12/h4-6,13H,7H2,1H3. The molecule has 1 N–H and O–H groups in total. The molecule has 0 aliphatic rings. The fraction of sp³-hybridized carbons (Fsp3) is 0.200. The zero-order chi connectivity index (χ0) is 9.68. The molecule has 1 aromatic rings. The fourth-order valence-corrected chi connectivity index (χ4v) is 1.42. The summed E-state index contributed by atoms with van der Waals surface area (Å²) in [4.78, 5) is 0. The molecule has 0 aliphatic heterocycles. The summed E-state index contributed by atoms with van der Waals surface area (Å²) in [5.74, 6) is 5.42. The minimum absolute atomic E-state index is 0.199. The second-order valence-electron chi connectivity index (χ2n) is 2.38. The van der Waals surface area contributed by atoms with Crippen molar-refractivity contribution >= 4 is 28.3 Å². The van der Waals surface area contributed by atoms with Gasteiger partial charge in [-0.25, -0.2) is 4.39 Å². The van der Waals surface area contributed by atoms with Crippen molar-refractivity contribution in [1.29, 1.82) is 0 Å². The van der Waals surface area contributed by atoms with E-state index >= 15 is 0 Å². The lowest BCUT2D eigenvalue weighted by molar-refractivity contribution is 0.621. The zero-order valence-electron chi connectivity index (χ0n) is 7.20. The van der Waals surface area contributed by atoms with Gasteiger partial charge in [0.25, 0.3) is 0 Å². The van der Waals surface area contributed by atoms with Crippen molar-refractivity contribution in [3.63, 3.8) is 0 Å². The first-order valence-electron chi connectivity index (χ1n) is 3.83. The van der Waals surface area contributed by atoms with E-state index in [0.29, 0.717) is 10.1 Å². The van der Waals surface area contributed by atoms with Crippen molar-refractivity contribution in [2.45, 2.75) is 6.92 Å². The Balaban J connectivity index is 2.75. The normalized spacial score (nSPS) is 8.85. The van der Waals surface area contributed by atoms with Crippen LogP contribution >= 0.6 is 22.6 Å². The zero-order valence-corrected chi connectivity index (χ0v) is 9.35. The average Bonchev–Trinajstić information content (AvgIpc) is 2.13. The lowest BCUT2D eigenvalue weighted by atomic mass is 10.3. The van der Waals surface area contributed by atoms with Crippen molar-refractivity contribution in [2.75, 3.05) is 11.9 Å². The monoisotopic (exact) mass is 289 g/mol. The van der Waals surface area contributed by atoms with Gasteiger partial charge in [0, 0.05) is 0 Å². The van der Waals surface area contributed by atoms with Gasteiger partial charge in [0.1, 0.15) is 5.82 Å². The Kier molecular flexibility index (Phi) is 4.03. The summed E-state index contributed by atoms with van der Waals surface area (Å²) in [5.41, 5.74) is 0.795. The fourth-order valence-electron chi connectivity index (χ4n) is 0.868. The quantitative estimate of drug-likeness (QED) is 0.652. The highest BCUT2D eigenvalue weighted by Crippen LogP contribution is 2.20. The van der Waals surface area contributed by atoms with Crippen molar-refractivity contribution < 1.29 is 4.39 Å². The van der Waals surface area contributed by atoms with Crippen LogP contribution in [0.4, 0.5) is 10.1 Å². The van der Waals surface area contributed by atoms with Gasteiger partial charge in [0.15, 0.2) is 0 Å². The smallest absolute Gasteiger partial charge is 0.138 e. The van der Waals surface area contributed by atoms with Gasteiger partial charge in [0.05, 0.1) is 15.8 Å². The number of nitrogens with one attached hydrogen (secondary N) is 1. The lowest BCUT2D eigenvalue weighted by Gasteiger charge is -2.05. The molecule has 0 saturated carbocycles. The highest BCUT2D eigenvalue weighted by Gasteiger charge is 2.02. The minimum atomic E-state index is -0.199. The largest absolute Gasteiger partial charge is 0.373 e. The number of hydrogen-bond acceptors (Lipinski definition) is 1. The summed E-state index contributed by atoms with van der Waals surface area (Å²) >= 11 is 1.97. The Morgan fingerprint density at radius 1 is 1.54 bits per heavy atom. The Bertz CT molecular complexity index is 352. The van der Waals surface area contributed by atoms with Crippen LogP contribution in [0.5, 0.6) is 0 Å². The number of benzene rings is 1. The molecule has 1 rings (SSSR count). The molecule has 0 spiro atoms. The number of hydrogen-bond donors (Lipinski definition) is 1. The molecule has 0 aromatic heterocycles. The third kappa shape index (κ3) is 2.88. The molecule has 0 radical (unpaired) electrons. The second kappa shape index (κ2) is 5.07. The molecule has 0 fully saturated rings. The van der Waals surface area contributed by atoms with Crippen LogP contribution in [-0.2, 0) is 0 Å². The van der Waals surface area contributed by atoms with E-state index in [1.807, 2.05) is 28.7 Å². The number of rotatable bonds is 2. The molecule has 3 heteroatoms. The van der Waals surface area contributed by atoms with Gasteiger partial charge in [-0.1, -0.05) is 12.0 Å². The van der Waals surface area contributed by atoms with Gasteiger partial charge in [-0.05, 0) is 41.6 Å². The highest BCUT2D eigenvalue weighted by atomic mass is 127. The van der Waals surface area contributed by atoms with Gasteiger partial charge in [-0.15, -0.1) is 5.92 Å². The maximum Gasteiger partial charge on any atom is 0.138 e. The van der Waals surface area contributed by atoms with Crippen molar-refractivity contribution in [3.8, 4) is 11.8 Å². The van der Waals surface area contributed by atoms with E-state index in [4.69, 9.17) is 0 Å². The molecule has 0 heterocycles. The third-order valence-electron chi connectivity index (χ3n) is 1.50. The summed E-state index contributed by atoms with van der Waals surface area (Å²) in [6.07, 6.45) is 0. The van der Waals surface area contributed by atoms with Crippen LogP contribution in [0.1, 0.15) is 6.92 Å². The Hall–Kier alpha value is -0.760. The van der Waals surface area contributed by atoms with Crippen molar-refractivity contribution in [3.05, 3.63) is 27.6 Å².